The second-order valence-corrected chi connectivity index (χ2v) is 6.64. The first-order valence-corrected chi connectivity index (χ1v) is 8.60. The van der Waals surface area contributed by atoms with E-state index in [4.69, 9.17) is 10.8 Å². The first kappa shape index (κ1) is 21.5. The standard InChI is InChI=1S/C14H26F3NO3S/c1-3-5-10(4-2)13(21,14(15,16)17)7-9-22-8-6-11(18)12(19)20/h10-11,21H,3-9,18H2,1-2H3,(H,19,20). The van der Waals surface area contributed by atoms with E-state index < -0.39 is 29.7 Å². The normalized spacial score (nSPS) is 17.8. The molecule has 0 spiro atoms. The van der Waals surface area contributed by atoms with Crippen molar-refractivity contribution in [3.63, 3.8) is 0 Å². The number of hydrogen-bond acceptors (Lipinski definition) is 4. The maximum atomic E-state index is 13.3. The van der Waals surface area contributed by atoms with Gasteiger partial charge in [0, 0.05) is 0 Å². The number of aliphatic carboxylic acids is 1. The van der Waals surface area contributed by atoms with Gasteiger partial charge in [0.25, 0.3) is 0 Å². The largest absolute Gasteiger partial charge is 0.480 e. The van der Waals surface area contributed by atoms with Crippen molar-refractivity contribution in [1.29, 1.82) is 0 Å². The van der Waals surface area contributed by atoms with Crippen LogP contribution in [0.15, 0.2) is 0 Å². The molecule has 0 aromatic heterocycles. The zero-order valence-electron chi connectivity index (χ0n) is 13.0. The van der Waals surface area contributed by atoms with Crippen LogP contribution in [-0.4, -0.2) is 45.5 Å². The number of halogens is 3. The number of nitrogens with two attached hydrogens (primary N) is 1. The topological polar surface area (TPSA) is 83.5 Å². The number of rotatable bonds is 11. The van der Waals surface area contributed by atoms with Crippen molar-refractivity contribution in [1.82, 2.24) is 0 Å². The number of carbonyl (C=O) groups is 1. The Balaban J connectivity index is 4.53. The van der Waals surface area contributed by atoms with E-state index in [2.05, 4.69) is 0 Å². The minimum absolute atomic E-state index is 0.114. The zero-order chi connectivity index (χ0) is 17.4. The van der Waals surface area contributed by atoms with Crippen LogP contribution < -0.4 is 5.73 Å². The number of aliphatic hydroxyl groups is 1. The summed E-state index contributed by atoms with van der Waals surface area (Å²) in [5.41, 5.74) is 2.64. The van der Waals surface area contributed by atoms with Crippen molar-refractivity contribution in [3.05, 3.63) is 0 Å². The number of carboxylic acid groups (broad SMARTS) is 1. The molecule has 0 aliphatic carbocycles. The molecule has 3 atom stereocenters. The average molecular weight is 345 g/mol. The Morgan fingerprint density at radius 1 is 1.23 bits per heavy atom. The molecule has 0 aliphatic heterocycles. The third-order valence-corrected chi connectivity index (χ3v) is 4.83. The minimum Gasteiger partial charge on any atom is -0.480 e. The SMILES string of the molecule is CCCC(CC)C(O)(CCSCCC(N)C(=O)O)C(F)(F)F. The maximum absolute atomic E-state index is 13.3. The molecule has 0 rings (SSSR count). The summed E-state index contributed by atoms with van der Waals surface area (Å²) in [6, 6.07) is -1.00. The van der Waals surface area contributed by atoms with Crippen molar-refractivity contribution in [2.24, 2.45) is 11.7 Å². The quantitative estimate of drug-likeness (QED) is 0.501. The van der Waals surface area contributed by atoms with Gasteiger partial charge in [0.15, 0.2) is 5.60 Å². The van der Waals surface area contributed by atoms with Gasteiger partial charge in [-0.05, 0) is 36.7 Å². The van der Waals surface area contributed by atoms with Crippen molar-refractivity contribution in [2.75, 3.05) is 11.5 Å². The molecule has 4 nitrogen and oxygen atoms in total. The van der Waals surface area contributed by atoms with E-state index in [0.717, 1.165) is 0 Å². The van der Waals surface area contributed by atoms with Gasteiger partial charge >= 0.3 is 12.1 Å². The van der Waals surface area contributed by atoms with Gasteiger partial charge in [0.2, 0.25) is 0 Å². The Bertz CT molecular complexity index is 342. The van der Waals surface area contributed by atoms with Crippen LogP contribution in [0.5, 0.6) is 0 Å². The summed E-state index contributed by atoms with van der Waals surface area (Å²) in [7, 11) is 0. The van der Waals surface area contributed by atoms with E-state index in [1.807, 2.05) is 0 Å². The van der Waals surface area contributed by atoms with Gasteiger partial charge in [-0.15, -0.1) is 0 Å². The van der Waals surface area contributed by atoms with E-state index in [0.29, 0.717) is 18.6 Å². The first-order chi connectivity index (χ1) is 10.1. The van der Waals surface area contributed by atoms with E-state index in [9.17, 15) is 23.1 Å². The summed E-state index contributed by atoms with van der Waals surface area (Å²) in [6.07, 6.45) is -3.70. The summed E-state index contributed by atoms with van der Waals surface area (Å²) in [6.45, 7) is 3.44. The summed E-state index contributed by atoms with van der Waals surface area (Å²) < 4.78 is 39.8. The molecule has 22 heavy (non-hydrogen) atoms. The van der Waals surface area contributed by atoms with Crippen molar-refractivity contribution in [3.8, 4) is 0 Å². The Morgan fingerprint density at radius 3 is 2.23 bits per heavy atom. The third kappa shape index (κ3) is 6.34. The summed E-state index contributed by atoms with van der Waals surface area (Å²) in [5, 5.41) is 18.8. The average Bonchev–Trinajstić information content (AvgIpc) is 2.42. The summed E-state index contributed by atoms with van der Waals surface area (Å²) in [4.78, 5) is 10.5. The van der Waals surface area contributed by atoms with Gasteiger partial charge in [-0.25, -0.2) is 0 Å². The third-order valence-electron chi connectivity index (χ3n) is 3.81. The first-order valence-electron chi connectivity index (χ1n) is 7.45. The maximum Gasteiger partial charge on any atom is 0.417 e. The lowest BCUT2D eigenvalue weighted by atomic mass is 9.80. The van der Waals surface area contributed by atoms with E-state index in [1.54, 1.807) is 13.8 Å². The molecule has 8 heteroatoms. The molecule has 0 aromatic carbocycles. The van der Waals surface area contributed by atoms with Gasteiger partial charge < -0.3 is 15.9 Å². The molecule has 0 bridgehead atoms. The van der Waals surface area contributed by atoms with Gasteiger partial charge in [0.05, 0.1) is 0 Å². The molecular formula is C14H26F3NO3S. The molecule has 4 N–H and O–H groups in total. The van der Waals surface area contributed by atoms with Crippen molar-refractivity contribution in [2.45, 2.75) is 63.8 Å². The van der Waals surface area contributed by atoms with Gasteiger partial charge in [-0.3, -0.25) is 4.79 Å². The van der Waals surface area contributed by atoms with E-state index in [-0.39, 0.29) is 25.0 Å². The van der Waals surface area contributed by atoms with Gasteiger partial charge in [-0.1, -0.05) is 26.7 Å². The number of alkyl halides is 3. The molecule has 3 unspecified atom stereocenters. The van der Waals surface area contributed by atoms with Crippen LogP contribution in [0.25, 0.3) is 0 Å². The Hall–Kier alpha value is -0.470. The van der Waals surface area contributed by atoms with Crippen molar-refractivity contribution < 1.29 is 28.2 Å². The molecule has 0 saturated heterocycles. The van der Waals surface area contributed by atoms with Crippen LogP contribution >= 0.6 is 11.8 Å². The fourth-order valence-electron chi connectivity index (χ4n) is 2.37. The second kappa shape index (κ2) is 9.62. The predicted molar refractivity (Wildman–Crippen MR) is 81.9 cm³/mol. The minimum atomic E-state index is -4.67. The van der Waals surface area contributed by atoms with Crippen LogP contribution in [0, 0.1) is 5.92 Å². The highest BCUT2D eigenvalue weighted by atomic mass is 32.2. The molecule has 132 valence electrons. The zero-order valence-corrected chi connectivity index (χ0v) is 13.8. The molecule has 0 radical (unpaired) electrons. The Kier molecular flexibility index (Phi) is 9.41. The lowest BCUT2D eigenvalue weighted by Crippen LogP contribution is -2.51. The van der Waals surface area contributed by atoms with Gasteiger partial charge in [0.1, 0.15) is 6.04 Å². The van der Waals surface area contributed by atoms with E-state index in [1.165, 1.54) is 11.8 Å². The fourth-order valence-corrected chi connectivity index (χ4v) is 3.45. The van der Waals surface area contributed by atoms with Crippen LogP contribution in [0.3, 0.4) is 0 Å². The molecule has 0 saturated carbocycles. The monoisotopic (exact) mass is 345 g/mol. The highest BCUT2D eigenvalue weighted by Crippen LogP contribution is 2.42. The van der Waals surface area contributed by atoms with Crippen LogP contribution in [0.2, 0.25) is 0 Å². The highest BCUT2D eigenvalue weighted by molar-refractivity contribution is 7.99. The lowest BCUT2D eigenvalue weighted by molar-refractivity contribution is -0.281. The summed E-state index contributed by atoms with van der Waals surface area (Å²) in [5.74, 6) is -1.48. The van der Waals surface area contributed by atoms with Crippen LogP contribution in [0.4, 0.5) is 13.2 Å². The van der Waals surface area contributed by atoms with Crippen LogP contribution in [-0.2, 0) is 4.79 Å². The Labute approximate surface area is 133 Å². The molecule has 0 heterocycles. The molecule has 0 fully saturated rings. The molecule has 0 amide bonds. The predicted octanol–water partition coefficient (Wildman–Crippen LogP) is 3.03. The highest BCUT2D eigenvalue weighted by Gasteiger charge is 2.56. The fraction of sp³-hybridized carbons (Fsp3) is 0.929. The van der Waals surface area contributed by atoms with E-state index >= 15 is 0 Å². The summed E-state index contributed by atoms with van der Waals surface area (Å²) >= 11 is 1.18. The smallest absolute Gasteiger partial charge is 0.417 e. The number of hydrogen-bond donors (Lipinski definition) is 3. The lowest BCUT2D eigenvalue weighted by Gasteiger charge is -2.37. The second-order valence-electron chi connectivity index (χ2n) is 5.41. The molecule has 0 aliphatic rings. The van der Waals surface area contributed by atoms with Crippen LogP contribution in [0.1, 0.15) is 46.0 Å². The molecular weight excluding hydrogens is 319 g/mol. The molecule has 0 aromatic rings. The van der Waals surface area contributed by atoms with Crippen molar-refractivity contribution >= 4 is 17.7 Å². The number of carboxylic acids is 1. The number of thioether (sulfide) groups is 1. The van der Waals surface area contributed by atoms with Gasteiger partial charge in [-0.2, -0.15) is 24.9 Å². The Morgan fingerprint density at radius 2 is 1.82 bits per heavy atom.